The number of hydrogen-bond acceptors (Lipinski definition) is 0. The van der Waals surface area contributed by atoms with Gasteiger partial charge in [0.1, 0.15) is 6.17 Å². The zero-order valence-electron chi connectivity index (χ0n) is 5.58. The molecule has 0 saturated carbocycles. The molecule has 0 radical (unpaired) electrons. The maximum absolute atomic E-state index is 11.9. The van der Waals surface area contributed by atoms with Crippen molar-refractivity contribution in [1.29, 1.82) is 0 Å². The van der Waals surface area contributed by atoms with Crippen LogP contribution in [0.3, 0.4) is 0 Å². The molecule has 0 nitrogen and oxygen atoms in total. The Kier molecular flexibility index (Phi) is 5.53. The molecule has 0 rings (SSSR count). The number of hydrogen-bond donors (Lipinski definition) is 0. The van der Waals surface area contributed by atoms with Crippen molar-refractivity contribution in [2.45, 2.75) is 24.7 Å². The van der Waals surface area contributed by atoms with Crippen LogP contribution in [-0.2, 0) is 21.1 Å². The third-order valence-corrected chi connectivity index (χ3v) is 1.02. The van der Waals surface area contributed by atoms with Crippen LogP contribution >= 0.6 is 0 Å². The van der Waals surface area contributed by atoms with E-state index in [4.69, 9.17) is 0 Å². The quantitative estimate of drug-likeness (QED) is 0.515. The van der Waals surface area contributed by atoms with E-state index < -0.39 is 24.7 Å². The summed E-state index contributed by atoms with van der Waals surface area (Å²) in [5.41, 5.74) is 0. The molecule has 0 aromatic carbocycles. The SMILES string of the molecule is [CH2-]CC(F)C(F)(F)C(F)(F)F.[Pt]. The maximum Gasteiger partial charge on any atom is 0.456 e. The van der Waals surface area contributed by atoms with Crippen LogP contribution in [0.4, 0.5) is 26.3 Å². The van der Waals surface area contributed by atoms with Crippen LogP contribution < -0.4 is 0 Å². The van der Waals surface area contributed by atoms with E-state index in [9.17, 15) is 26.3 Å². The number of rotatable bonds is 2. The van der Waals surface area contributed by atoms with E-state index in [0.29, 0.717) is 0 Å². The second kappa shape index (κ2) is 4.49. The van der Waals surface area contributed by atoms with Gasteiger partial charge in [0.05, 0.1) is 0 Å². The zero-order valence-corrected chi connectivity index (χ0v) is 7.85. The van der Waals surface area contributed by atoms with Gasteiger partial charge in [-0.05, 0) is 0 Å². The Morgan fingerprint density at radius 3 is 1.50 bits per heavy atom. The molecule has 0 N–H and O–H groups in total. The largest absolute Gasteiger partial charge is 0.456 e. The van der Waals surface area contributed by atoms with Gasteiger partial charge in [0.2, 0.25) is 0 Å². The molecule has 0 amide bonds. The van der Waals surface area contributed by atoms with Crippen LogP contribution in [0.2, 0.25) is 0 Å². The molecule has 0 saturated heterocycles. The second-order valence-electron chi connectivity index (χ2n) is 1.88. The van der Waals surface area contributed by atoms with Gasteiger partial charge in [-0.3, -0.25) is 0 Å². The molecule has 0 aliphatic heterocycles. The standard InChI is InChI=1S/C5H5F6.Pt/c1-2-3(6)4(7,8)5(9,10)11;/h3H,1-2H2;/q-1;. The van der Waals surface area contributed by atoms with E-state index in [-0.39, 0.29) is 21.1 Å². The zero-order chi connectivity index (χ0) is 9.28. The minimum atomic E-state index is -5.83. The molecular formula is C5H5F6Pt-. The Morgan fingerprint density at radius 1 is 1.08 bits per heavy atom. The molecule has 1 unspecified atom stereocenters. The summed E-state index contributed by atoms with van der Waals surface area (Å²) in [5, 5.41) is 0. The molecule has 0 fully saturated rings. The predicted octanol–water partition coefficient (Wildman–Crippen LogP) is 2.74. The van der Waals surface area contributed by atoms with E-state index in [2.05, 4.69) is 6.92 Å². The molecule has 0 spiro atoms. The van der Waals surface area contributed by atoms with Crippen LogP contribution in [0.1, 0.15) is 6.42 Å². The molecular weight excluding hydrogens is 369 g/mol. The van der Waals surface area contributed by atoms with Crippen LogP contribution in [0.25, 0.3) is 0 Å². The Balaban J connectivity index is 0. The van der Waals surface area contributed by atoms with Crippen LogP contribution in [-0.4, -0.2) is 18.3 Å². The van der Waals surface area contributed by atoms with Gasteiger partial charge < -0.3 is 6.92 Å². The first kappa shape index (κ1) is 14.8. The molecule has 0 aromatic rings. The molecule has 0 aliphatic carbocycles. The summed E-state index contributed by atoms with van der Waals surface area (Å²) in [6.45, 7) is 2.61. The summed E-state index contributed by atoms with van der Waals surface area (Å²) >= 11 is 0. The molecule has 12 heavy (non-hydrogen) atoms. The van der Waals surface area contributed by atoms with E-state index in [1.165, 1.54) is 0 Å². The Morgan fingerprint density at radius 2 is 1.42 bits per heavy atom. The summed E-state index contributed by atoms with van der Waals surface area (Å²) in [6, 6.07) is 0. The van der Waals surface area contributed by atoms with Gasteiger partial charge in [0, 0.05) is 21.1 Å². The molecule has 0 aliphatic rings. The average molecular weight is 374 g/mol. The molecule has 0 bridgehead atoms. The van der Waals surface area contributed by atoms with Gasteiger partial charge in [-0.2, -0.15) is 22.0 Å². The third-order valence-electron chi connectivity index (χ3n) is 1.02. The van der Waals surface area contributed by atoms with Crippen LogP contribution in [0.15, 0.2) is 0 Å². The first-order valence-electron chi connectivity index (χ1n) is 2.61. The molecule has 7 heteroatoms. The topological polar surface area (TPSA) is 0 Å². The van der Waals surface area contributed by atoms with Crippen molar-refractivity contribution < 1.29 is 47.4 Å². The third kappa shape index (κ3) is 2.96. The Hall–Kier alpha value is 0.268. The van der Waals surface area contributed by atoms with E-state index in [0.717, 1.165) is 0 Å². The summed E-state index contributed by atoms with van der Waals surface area (Å²) in [5.74, 6) is -5.28. The molecule has 78 valence electrons. The fourth-order valence-electron chi connectivity index (χ4n) is 0.359. The smallest absolute Gasteiger partial charge is 0.340 e. The minimum absolute atomic E-state index is 0. The molecule has 1 atom stereocenters. The maximum atomic E-state index is 11.9. The summed E-state index contributed by atoms with van der Waals surface area (Å²) in [6.07, 6.45) is -10.2. The summed E-state index contributed by atoms with van der Waals surface area (Å²) in [4.78, 5) is 0. The summed E-state index contributed by atoms with van der Waals surface area (Å²) < 4.78 is 69.2. The van der Waals surface area contributed by atoms with Crippen molar-refractivity contribution in [3.63, 3.8) is 0 Å². The van der Waals surface area contributed by atoms with Crippen molar-refractivity contribution in [1.82, 2.24) is 0 Å². The number of halogens is 6. The van der Waals surface area contributed by atoms with E-state index in [1.54, 1.807) is 0 Å². The monoisotopic (exact) mass is 374 g/mol. The molecule has 0 aromatic heterocycles. The van der Waals surface area contributed by atoms with Crippen molar-refractivity contribution in [3.05, 3.63) is 6.92 Å². The Labute approximate surface area is 79.6 Å². The Bertz CT molecular complexity index is 130. The van der Waals surface area contributed by atoms with Gasteiger partial charge in [-0.15, -0.1) is 6.42 Å². The van der Waals surface area contributed by atoms with Crippen LogP contribution in [0, 0.1) is 6.92 Å². The van der Waals surface area contributed by atoms with Gasteiger partial charge in [-0.25, -0.2) is 4.39 Å². The van der Waals surface area contributed by atoms with Crippen molar-refractivity contribution >= 4 is 0 Å². The van der Waals surface area contributed by atoms with E-state index in [1.807, 2.05) is 0 Å². The normalized spacial score (nSPS) is 15.2. The summed E-state index contributed by atoms with van der Waals surface area (Å²) in [7, 11) is 0. The van der Waals surface area contributed by atoms with Gasteiger partial charge >= 0.3 is 12.1 Å². The van der Waals surface area contributed by atoms with Crippen molar-refractivity contribution in [3.8, 4) is 0 Å². The van der Waals surface area contributed by atoms with Gasteiger partial charge in [0.15, 0.2) is 0 Å². The van der Waals surface area contributed by atoms with Crippen molar-refractivity contribution in [2.24, 2.45) is 0 Å². The average Bonchev–Trinajstić information content (AvgIpc) is 1.83. The van der Waals surface area contributed by atoms with Crippen LogP contribution in [0.5, 0.6) is 0 Å². The van der Waals surface area contributed by atoms with Crippen molar-refractivity contribution in [2.75, 3.05) is 0 Å². The van der Waals surface area contributed by atoms with Gasteiger partial charge in [-0.1, -0.05) is 0 Å². The van der Waals surface area contributed by atoms with E-state index >= 15 is 0 Å². The fourth-order valence-corrected chi connectivity index (χ4v) is 0.359. The number of alkyl halides is 6. The predicted molar refractivity (Wildman–Crippen MR) is 25.9 cm³/mol. The first-order valence-corrected chi connectivity index (χ1v) is 2.61. The first-order chi connectivity index (χ1) is 4.73. The molecule has 0 heterocycles. The van der Waals surface area contributed by atoms with Gasteiger partial charge in [0.25, 0.3) is 0 Å². The second-order valence-corrected chi connectivity index (χ2v) is 1.88. The minimum Gasteiger partial charge on any atom is -0.340 e. The fraction of sp³-hybridized carbons (Fsp3) is 0.800.